The van der Waals surface area contributed by atoms with Crippen molar-refractivity contribution in [3.8, 4) is 17.1 Å². The Hall–Kier alpha value is -2.18. The molecule has 0 aliphatic carbocycles. The SMILES string of the molecule is Cn1nc(-c2ccnc(Cl)c2)c2c(OC3CCOCC3)nccc21. The molecule has 0 bridgehead atoms. The first-order valence-corrected chi connectivity index (χ1v) is 8.28. The van der Waals surface area contributed by atoms with Gasteiger partial charge in [-0.1, -0.05) is 11.6 Å². The van der Waals surface area contributed by atoms with Crippen molar-refractivity contribution in [1.82, 2.24) is 19.7 Å². The first-order valence-electron chi connectivity index (χ1n) is 7.90. The van der Waals surface area contributed by atoms with Gasteiger partial charge in [0.15, 0.2) is 0 Å². The van der Waals surface area contributed by atoms with Crippen LogP contribution in [0.3, 0.4) is 0 Å². The predicted molar refractivity (Wildman–Crippen MR) is 91.2 cm³/mol. The van der Waals surface area contributed by atoms with E-state index in [2.05, 4.69) is 15.1 Å². The molecule has 1 aliphatic rings. The summed E-state index contributed by atoms with van der Waals surface area (Å²) in [5.74, 6) is 0.607. The number of aromatic nitrogens is 4. The molecular weight excluding hydrogens is 328 g/mol. The van der Waals surface area contributed by atoms with E-state index < -0.39 is 0 Å². The molecule has 4 rings (SSSR count). The van der Waals surface area contributed by atoms with Crippen molar-refractivity contribution in [1.29, 1.82) is 0 Å². The minimum absolute atomic E-state index is 0.117. The van der Waals surface area contributed by atoms with E-state index in [0.29, 0.717) is 11.0 Å². The molecule has 3 aromatic rings. The van der Waals surface area contributed by atoms with Gasteiger partial charge in [-0.25, -0.2) is 9.97 Å². The zero-order valence-electron chi connectivity index (χ0n) is 13.3. The van der Waals surface area contributed by atoms with Gasteiger partial charge >= 0.3 is 0 Å². The van der Waals surface area contributed by atoms with Crippen molar-refractivity contribution in [2.24, 2.45) is 7.05 Å². The molecule has 0 radical (unpaired) electrons. The Morgan fingerprint density at radius 3 is 2.79 bits per heavy atom. The molecule has 3 aromatic heterocycles. The molecule has 0 spiro atoms. The predicted octanol–water partition coefficient (Wildman–Crippen LogP) is 3.24. The van der Waals surface area contributed by atoms with Crippen LogP contribution in [0.5, 0.6) is 5.88 Å². The summed E-state index contributed by atoms with van der Waals surface area (Å²) in [5, 5.41) is 5.97. The Labute approximate surface area is 144 Å². The van der Waals surface area contributed by atoms with Crippen LogP contribution in [0.15, 0.2) is 30.6 Å². The lowest BCUT2D eigenvalue weighted by molar-refractivity contribution is 0.0244. The van der Waals surface area contributed by atoms with Crippen LogP contribution in [0, 0.1) is 0 Å². The number of rotatable bonds is 3. The summed E-state index contributed by atoms with van der Waals surface area (Å²) in [6.45, 7) is 1.45. The Balaban J connectivity index is 1.82. The second-order valence-corrected chi connectivity index (χ2v) is 6.17. The molecule has 4 heterocycles. The van der Waals surface area contributed by atoms with Crippen molar-refractivity contribution < 1.29 is 9.47 Å². The average Bonchev–Trinajstić information content (AvgIpc) is 2.94. The summed E-state index contributed by atoms with van der Waals surface area (Å²) in [7, 11) is 1.91. The number of aryl methyl sites for hydroxylation is 1. The summed E-state index contributed by atoms with van der Waals surface area (Å²) < 4.78 is 13.4. The quantitative estimate of drug-likeness (QED) is 0.682. The van der Waals surface area contributed by atoms with Crippen molar-refractivity contribution in [3.05, 3.63) is 35.7 Å². The lowest BCUT2D eigenvalue weighted by atomic mass is 10.1. The minimum Gasteiger partial charge on any atom is -0.474 e. The maximum atomic E-state index is 6.18. The van der Waals surface area contributed by atoms with Crippen LogP contribution in [-0.4, -0.2) is 39.1 Å². The molecule has 6 nitrogen and oxygen atoms in total. The van der Waals surface area contributed by atoms with E-state index in [9.17, 15) is 0 Å². The maximum absolute atomic E-state index is 6.18. The second kappa shape index (κ2) is 6.37. The molecule has 1 saturated heterocycles. The molecule has 1 fully saturated rings. The zero-order chi connectivity index (χ0) is 16.5. The third-order valence-electron chi connectivity index (χ3n) is 4.18. The van der Waals surface area contributed by atoms with Gasteiger partial charge in [-0.2, -0.15) is 5.10 Å². The molecule has 0 saturated carbocycles. The van der Waals surface area contributed by atoms with E-state index >= 15 is 0 Å². The zero-order valence-corrected chi connectivity index (χ0v) is 14.0. The van der Waals surface area contributed by atoms with Crippen molar-refractivity contribution in [2.75, 3.05) is 13.2 Å². The highest BCUT2D eigenvalue weighted by Gasteiger charge is 2.21. The molecule has 0 aromatic carbocycles. The smallest absolute Gasteiger partial charge is 0.225 e. The third kappa shape index (κ3) is 2.83. The summed E-state index contributed by atoms with van der Waals surface area (Å²) in [5.41, 5.74) is 2.66. The number of nitrogens with zero attached hydrogens (tertiary/aromatic N) is 4. The molecular formula is C17H17ClN4O2. The summed E-state index contributed by atoms with van der Waals surface area (Å²) in [6, 6.07) is 5.62. The summed E-state index contributed by atoms with van der Waals surface area (Å²) >= 11 is 6.04. The van der Waals surface area contributed by atoms with E-state index in [0.717, 1.165) is 48.2 Å². The van der Waals surface area contributed by atoms with Crippen LogP contribution in [0.25, 0.3) is 22.2 Å². The van der Waals surface area contributed by atoms with Gasteiger partial charge in [-0.15, -0.1) is 0 Å². The number of pyridine rings is 2. The number of halogens is 1. The number of hydrogen-bond acceptors (Lipinski definition) is 5. The normalized spacial score (nSPS) is 15.8. The van der Waals surface area contributed by atoms with Crippen molar-refractivity contribution >= 4 is 22.5 Å². The van der Waals surface area contributed by atoms with Crippen LogP contribution in [0.1, 0.15) is 12.8 Å². The van der Waals surface area contributed by atoms with Crippen LogP contribution in [0.2, 0.25) is 5.15 Å². The summed E-state index contributed by atoms with van der Waals surface area (Å²) in [6.07, 6.45) is 5.28. The fourth-order valence-corrected chi connectivity index (χ4v) is 3.15. The van der Waals surface area contributed by atoms with Gasteiger partial charge in [0.25, 0.3) is 0 Å². The number of ether oxygens (including phenoxy) is 2. The van der Waals surface area contributed by atoms with Gasteiger partial charge in [-0.05, 0) is 18.2 Å². The molecule has 0 N–H and O–H groups in total. The van der Waals surface area contributed by atoms with Crippen LogP contribution >= 0.6 is 11.6 Å². The fraction of sp³-hybridized carbons (Fsp3) is 0.353. The van der Waals surface area contributed by atoms with Gasteiger partial charge in [0.05, 0.1) is 24.1 Å². The average molecular weight is 345 g/mol. The molecule has 0 unspecified atom stereocenters. The lowest BCUT2D eigenvalue weighted by Crippen LogP contribution is -2.26. The summed E-state index contributed by atoms with van der Waals surface area (Å²) in [4.78, 5) is 8.50. The Kier molecular flexibility index (Phi) is 4.08. The van der Waals surface area contributed by atoms with E-state index in [1.54, 1.807) is 18.5 Å². The largest absolute Gasteiger partial charge is 0.474 e. The van der Waals surface area contributed by atoms with Gasteiger partial charge in [0, 0.05) is 37.8 Å². The van der Waals surface area contributed by atoms with Gasteiger partial charge in [-0.3, -0.25) is 4.68 Å². The highest BCUT2D eigenvalue weighted by Crippen LogP contribution is 2.34. The van der Waals surface area contributed by atoms with E-state index in [-0.39, 0.29) is 6.10 Å². The molecule has 1 aliphatic heterocycles. The van der Waals surface area contributed by atoms with Gasteiger partial charge in [0.1, 0.15) is 17.0 Å². The monoisotopic (exact) mass is 344 g/mol. The van der Waals surface area contributed by atoms with E-state index in [4.69, 9.17) is 21.1 Å². The third-order valence-corrected chi connectivity index (χ3v) is 4.38. The topological polar surface area (TPSA) is 62.1 Å². The molecule has 7 heteroatoms. The highest BCUT2D eigenvalue weighted by atomic mass is 35.5. The first kappa shape index (κ1) is 15.4. The number of hydrogen-bond donors (Lipinski definition) is 0. The van der Waals surface area contributed by atoms with Crippen molar-refractivity contribution in [2.45, 2.75) is 18.9 Å². The van der Waals surface area contributed by atoms with E-state index in [1.165, 1.54) is 0 Å². The standard InChI is InChI=1S/C17H17ClN4O2/c1-22-13-3-7-20-17(24-12-4-8-23-9-5-12)15(13)16(21-22)11-2-6-19-14(18)10-11/h2-3,6-7,10,12H,4-5,8-9H2,1H3. The Morgan fingerprint density at radius 1 is 1.21 bits per heavy atom. The maximum Gasteiger partial charge on any atom is 0.225 e. The molecule has 124 valence electrons. The Morgan fingerprint density at radius 2 is 2.00 bits per heavy atom. The van der Waals surface area contributed by atoms with Crippen LogP contribution in [-0.2, 0) is 11.8 Å². The minimum atomic E-state index is 0.117. The Bertz CT molecular complexity index is 874. The van der Waals surface area contributed by atoms with Crippen LogP contribution in [0.4, 0.5) is 0 Å². The first-order chi connectivity index (χ1) is 11.7. The second-order valence-electron chi connectivity index (χ2n) is 5.78. The van der Waals surface area contributed by atoms with Gasteiger partial charge < -0.3 is 9.47 Å². The molecule has 0 amide bonds. The highest BCUT2D eigenvalue weighted by molar-refractivity contribution is 6.29. The van der Waals surface area contributed by atoms with Gasteiger partial charge in [0.2, 0.25) is 5.88 Å². The lowest BCUT2D eigenvalue weighted by Gasteiger charge is -2.23. The number of fused-ring (bicyclic) bond motifs is 1. The van der Waals surface area contributed by atoms with Crippen molar-refractivity contribution in [3.63, 3.8) is 0 Å². The fourth-order valence-electron chi connectivity index (χ4n) is 2.97. The van der Waals surface area contributed by atoms with E-state index in [1.807, 2.05) is 23.9 Å². The molecule has 0 atom stereocenters. The molecule has 24 heavy (non-hydrogen) atoms. The van der Waals surface area contributed by atoms with Crippen LogP contribution < -0.4 is 4.74 Å².